The fraction of sp³-hybridized carbons (Fsp3) is 0.714. The smallest absolute Gasteiger partial charge is 0.300 e. The molecule has 0 heterocycles. The summed E-state index contributed by atoms with van der Waals surface area (Å²) in [5.74, 6) is -0.193. The normalized spacial score (nSPS) is 9.27. The molecule has 0 aromatic rings. The maximum Gasteiger partial charge on any atom is 0.300 e. The van der Waals surface area contributed by atoms with Gasteiger partial charge in [0.1, 0.15) is 0 Å². The topological polar surface area (TPSA) is 36.7 Å². The van der Waals surface area contributed by atoms with Crippen LogP contribution in [-0.2, 0) is 4.79 Å². The summed E-state index contributed by atoms with van der Waals surface area (Å²) in [4.78, 5) is 15.6. The molecule has 1 amide bonds. The molecule has 0 aliphatic heterocycles. The number of hydrogen-bond acceptors (Lipinski definition) is 2. The molecule has 0 fully saturated rings. The van der Waals surface area contributed by atoms with Gasteiger partial charge < -0.3 is 15.1 Å². The standard InChI is InChI=1S/C7H13N3O/c1-8-6-7(11)9-4-5-10(2)3/h4-6H2,2-3H3,(H,9,11). The third-order valence-corrected chi connectivity index (χ3v) is 1.10. The molecule has 0 saturated carbocycles. The van der Waals surface area contributed by atoms with Gasteiger partial charge in [-0.3, -0.25) is 4.79 Å². The SMILES string of the molecule is [C-]#[N+]CC(=O)NCCN(C)C. The van der Waals surface area contributed by atoms with Gasteiger partial charge in [-0.15, -0.1) is 0 Å². The summed E-state index contributed by atoms with van der Waals surface area (Å²) in [6, 6.07) is 0. The number of carbonyl (C=O) groups is 1. The highest BCUT2D eigenvalue weighted by molar-refractivity contribution is 5.79. The van der Waals surface area contributed by atoms with E-state index in [0.717, 1.165) is 6.54 Å². The van der Waals surface area contributed by atoms with Crippen LogP contribution in [0.3, 0.4) is 0 Å². The summed E-state index contributed by atoms with van der Waals surface area (Å²) in [7, 11) is 3.86. The van der Waals surface area contributed by atoms with Crippen molar-refractivity contribution in [3.8, 4) is 0 Å². The average Bonchev–Trinajstić information content (AvgIpc) is 1.87. The summed E-state index contributed by atoms with van der Waals surface area (Å²) in [6.45, 7) is 7.77. The molecule has 0 aromatic carbocycles. The molecular weight excluding hydrogens is 142 g/mol. The van der Waals surface area contributed by atoms with E-state index in [2.05, 4.69) is 10.2 Å². The van der Waals surface area contributed by atoms with Gasteiger partial charge in [0.15, 0.2) is 0 Å². The molecule has 0 radical (unpaired) electrons. The minimum Gasteiger partial charge on any atom is -0.348 e. The van der Waals surface area contributed by atoms with Crippen molar-refractivity contribution in [2.75, 3.05) is 33.7 Å². The lowest BCUT2D eigenvalue weighted by Crippen LogP contribution is -2.32. The van der Waals surface area contributed by atoms with Crippen molar-refractivity contribution in [1.82, 2.24) is 10.2 Å². The highest BCUT2D eigenvalue weighted by atomic mass is 16.1. The average molecular weight is 155 g/mol. The van der Waals surface area contributed by atoms with Crippen molar-refractivity contribution in [3.05, 3.63) is 11.4 Å². The van der Waals surface area contributed by atoms with Gasteiger partial charge in [-0.05, 0) is 14.1 Å². The van der Waals surface area contributed by atoms with Crippen LogP contribution in [0.25, 0.3) is 4.85 Å². The number of nitrogens with zero attached hydrogens (tertiary/aromatic N) is 2. The fourth-order valence-corrected chi connectivity index (χ4v) is 0.547. The third-order valence-electron chi connectivity index (χ3n) is 1.10. The number of amides is 1. The Morgan fingerprint density at radius 1 is 1.64 bits per heavy atom. The Kier molecular flexibility index (Phi) is 5.13. The van der Waals surface area contributed by atoms with E-state index >= 15 is 0 Å². The van der Waals surface area contributed by atoms with E-state index in [1.54, 1.807) is 0 Å². The molecular formula is C7H13N3O. The Bertz CT molecular complexity index is 160. The molecule has 0 saturated heterocycles. The first-order valence-corrected chi connectivity index (χ1v) is 3.41. The predicted molar refractivity (Wildman–Crippen MR) is 43.0 cm³/mol. The van der Waals surface area contributed by atoms with Crippen LogP contribution in [0, 0.1) is 6.57 Å². The number of carbonyl (C=O) groups excluding carboxylic acids is 1. The number of nitrogens with one attached hydrogen (secondary N) is 1. The molecule has 11 heavy (non-hydrogen) atoms. The first-order chi connectivity index (χ1) is 5.16. The van der Waals surface area contributed by atoms with Gasteiger partial charge >= 0.3 is 0 Å². The van der Waals surface area contributed by atoms with Crippen molar-refractivity contribution in [2.45, 2.75) is 0 Å². The summed E-state index contributed by atoms with van der Waals surface area (Å²) in [6.07, 6.45) is 0. The molecule has 62 valence electrons. The maximum atomic E-state index is 10.7. The maximum absolute atomic E-state index is 10.7. The summed E-state index contributed by atoms with van der Waals surface area (Å²) >= 11 is 0. The molecule has 0 bridgehead atoms. The first-order valence-electron chi connectivity index (χ1n) is 3.41. The van der Waals surface area contributed by atoms with Crippen LogP contribution in [0.2, 0.25) is 0 Å². The largest absolute Gasteiger partial charge is 0.348 e. The van der Waals surface area contributed by atoms with Gasteiger partial charge in [0, 0.05) is 13.1 Å². The number of likely N-dealkylation sites (N-methyl/N-ethyl adjacent to an activating group) is 1. The van der Waals surface area contributed by atoms with E-state index in [4.69, 9.17) is 6.57 Å². The van der Waals surface area contributed by atoms with Crippen LogP contribution in [0.4, 0.5) is 0 Å². The van der Waals surface area contributed by atoms with E-state index in [1.807, 2.05) is 19.0 Å². The molecule has 4 nitrogen and oxygen atoms in total. The molecule has 0 atom stereocenters. The van der Waals surface area contributed by atoms with E-state index in [-0.39, 0.29) is 12.5 Å². The Morgan fingerprint density at radius 2 is 2.27 bits per heavy atom. The molecule has 1 N–H and O–H groups in total. The lowest BCUT2D eigenvalue weighted by atomic mass is 10.5. The van der Waals surface area contributed by atoms with E-state index in [9.17, 15) is 4.79 Å². The monoisotopic (exact) mass is 155 g/mol. The summed E-state index contributed by atoms with van der Waals surface area (Å²) in [5.41, 5.74) is 0. The molecule has 0 aromatic heterocycles. The minimum atomic E-state index is -0.193. The van der Waals surface area contributed by atoms with E-state index < -0.39 is 0 Å². The van der Waals surface area contributed by atoms with Crippen molar-refractivity contribution >= 4 is 5.91 Å². The summed E-state index contributed by atoms with van der Waals surface area (Å²) < 4.78 is 0. The van der Waals surface area contributed by atoms with Crippen LogP contribution in [-0.4, -0.2) is 44.5 Å². The third kappa shape index (κ3) is 6.81. The van der Waals surface area contributed by atoms with Crippen LogP contribution < -0.4 is 5.32 Å². The molecule has 0 unspecified atom stereocenters. The van der Waals surface area contributed by atoms with Crippen molar-refractivity contribution in [1.29, 1.82) is 0 Å². The van der Waals surface area contributed by atoms with Gasteiger partial charge in [0.2, 0.25) is 0 Å². The quantitative estimate of drug-likeness (QED) is 0.560. The Hall–Kier alpha value is -1.08. The fourth-order valence-electron chi connectivity index (χ4n) is 0.547. The van der Waals surface area contributed by atoms with Crippen molar-refractivity contribution < 1.29 is 4.79 Å². The Morgan fingerprint density at radius 3 is 2.73 bits per heavy atom. The Labute approximate surface area is 67.0 Å². The van der Waals surface area contributed by atoms with E-state index in [0.29, 0.717) is 6.54 Å². The predicted octanol–water partition coefficient (Wildman–Crippen LogP) is -0.417. The molecule has 0 aliphatic carbocycles. The van der Waals surface area contributed by atoms with Gasteiger partial charge in [-0.25, -0.2) is 6.57 Å². The zero-order chi connectivity index (χ0) is 8.69. The minimum absolute atomic E-state index is 0.0621. The zero-order valence-electron chi connectivity index (χ0n) is 6.92. The van der Waals surface area contributed by atoms with Crippen LogP contribution in [0.5, 0.6) is 0 Å². The van der Waals surface area contributed by atoms with Crippen molar-refractivity contribution in [2.24, 2.45) is 0 Å². The highest BCUT2D eigenvalue weighted by Crippen LogP contribution is 1.72. The molecule has 0 aliphatic rings. The second kappa shape index (κ2) is 5.69. The second-order valence-corrected chi connectivity index (χ2v) is 2.47. The first kappa shape index (κ1) is 9.92. The van der Waals surface area contributed by atoms with Gasteiger partial charge in [0.25, 0.3) is 12.5 Å². The highest BCUT2D eigenvalue weighted by Gasteiger charge is 2.00. The van der Waals surface area contributed by atoms with Gasteiger partial charge in [-0.2, -0.15) is 0 Å². The molecule has 0 rings (SSSR count). The zero-order valence-corrected chi connectivity index (χ0v) is 6.92. The van der Waals surface area contributed by atoms with Crippen molar-refractivity contribution in [3.63, 3.8) is 0 Å². The number of rotatable bonds is 4. The lowest BCUT2D eigenvalue weighted by molar-refractivity contribution is -0.119. The van der Waals surface area contributed by atoms with Gasteiger partial charge in [0.05, 0.1) is 0 Å². The second-order valence-electron chi connectivity index (χ2n) is 2.47. The molecule has 4 heteroatoms. The van der Waals surface area contributed by atoms with Crippen LogP contribution >= 0.6 is 0 Å². The lowest BCUT2D eigenvalue weighted by Gasteiger charge is -2.08. The van der Waals surface area contributed by atoms with Gasteiger partial charge in [-0.1, -0.05) is 0 Å². The summed E-state index contributed by atoms with van der Waals surface area (Å²) in [5, 5.41) is 2.62. The van der Waals surface area contributed by atoms with E-state index in [1.165, 1.54) is 0 Å². The number of hydrogen-bond donors (Lipinski definition) is 1. The van der Waals surface area contributed by atoms with Crippen LogP contribution in [0.1, 0.15) is 0 Å². The van der Waals surface area contributed by atoms with Crippen LogP contribution in [0.15, 0.2) is 0 Å². The molecule has 0 spiro atoms. The Balaban J connectivity index is 3.26.